The maximum Gasteiger partial charge on any atom is 0.253 e. The van der Waals surface area contributed by atoms with Gasteiger partial charge in [0, 0.05) is 31.7 Å². The molecule has 0 N–H and O–H groups in total. The van der Waals surface area contributed by atoms with Gasteiger partial charge in [0.15, 0.2) is 0 Å². The summed E-state index contributed by atoms with van der Waals surface area (Å²) in [6.45, 7) is 4.92. The van der Waals surface area contributed by atoms with Crippen LogP contribution in [0.5, 0.6) is 0 Å². The fourth-order valence-corrected chi connectivity index (χ4v) is 5.10. The van der Waals surface area contributed by atoms with E-state index in [1.165, 1.54) is 0 Å². The number of piperidine rings is 2. The summed E-state index contributed by atoms with van der Waals surface area (Å²) < 4.78 is 26.8. The van der Waals surface area contributed by atoms with E-state index in [1.807, 2.05) is 4.90 Å². The molecule has 2 aliphatic rings. The van der Waals surface area contributed by atoms with Crippen LogP contribution in [0.4, 0.5) is 0 Å². The van der Waals surface area contributed by atoms with Crippen molar-refractivity contribution in [2.45, 2.75) is 43.9 Å². The second-order valence-corrected chi connectivity index (χ2v) is 8.93. The molecule has 1 aromatic rings. The molecule has 0 aromatic heterocycles. The third-order valence-corrected chi connectivity index (χ3v) is 6.91. The predicted molar refractivity (Wildman–Crippen MR) is 93.4 cm³/mol. The van der Waals surface area contributed by atoms with E-state index in [9.17, 15) is 13.2 Å². The quantitative estimate of drug-likeness (QED) is 0.842. The number of carbonyl (C=O) groups excluding carboxylic acids is 1. The molecule has 2 heterocycles. The maximum absolute atomic E-state index is 12.6. The normalized spacial score (nSPS) is 23.2. The largest absolute Gasteiger partial charge is 0.338 e. The van der Waals surface area contributed by atoms with Gasteiger partial charge in [0.25, 0.3) is 5.91 Å². The maximum atomic E-state index is 12.6. The molecule has 0 bridgehead atoms. The van der Waals surface area contributed by atoms with Crippen LogP contribution >= 0.6 is 0 Å². The van der Waals surface area contributed by atoms with Gasteiger partial charge in [0.2, 0.25) is 10.0 Å². The first kappa shape index (κ1) is 17.4. The molecule has 0 unspecified atom stereocenters. The summed E-state index contributed by atoms with van der Waals surface area (Å²) >= 11 is 0. The Morgan fingerprint density at radius 2 is 1.67 bits per heavy atom. The molecular weight excluding hydrogens is 324 g/mol. The Morgan fingerprint density at radius 3 is 2.29 bits per heavy atom. The number of benzene rings is 1. The van der Waals surface area contributed by atoms with E-state index in [2.05, 4.69) is 6.92 Å². The van der Waals surface area contributed by atoms with Crippen LogP contribution in [0.25, 0.3) is 0 Å². The number of amides is 1. The molecule has 1 atom stereocenters. The molecule has 0 aliphatic carbocycles. The van der Waals surface area contributed by atoms with Crippen molar-refractivity contribution >= 4 is 15.9 Å². The Labute approximate surface area is 144 Å². The summed E-state index contributed by atoms with van der Waals surface area (Å²) in [5, 5.41) is 0. The van der Waals surface area contributed by atoms with Crippen molar-refractivity contribution in [3.8, 4) is 0 Å². The lowest BCUT2D eigenvalue weighted by Gasteiger charge is -2.31. The highest BCUT2D eigenvalue weighted by Gasteiger charge is 2.27. The van der Waals surface area contributed by atoms with Gasteiger partial charge in [-0.1, -0.05) is 13.3 Å². The van der Waals surface area contributed by atoms with E-state index in [0.29, 0.717) is 24.6 Å². The number of likely N-dealkylation sites (tertiary alicyclic amines) is 1. The summed E-state index contributed by atoms with van der Waals surface area (Å²) in [5.74, 6) is 0.532. The zero-order valence-electron chi connectivity index (χ0n) is 14.3. The van der Waals surface area contributed by atoms with E-state index in [1.54, 1.807) is 28.6 Å². The molecule has 1 aromatic carbocycles. The molecule has 1 amide bonds. The first-order valence-corrected chi connectivity index (χ1v) is 10.3. The fraction of sp³-hybridized carbons (Fsp3) is 0.611. The molecule has 24 heavy (non-hydrogen) atoms. The van der Waals surface area contributed by atoms with Gasteiger partial charge in [0.05, 0.1) is 4.90 Å². The van der Waals surface area contributed by atoms with Crippen LogP contribution < -0.4 is 0 Å². The van der Waals surface area contributed by atoms with Crippen molar-refractivity contribution in [3.05, 3.63) is 29.8 Å². The average Bonchev–Trinajstić information content (AvgIpc) is 2.62. The minimum absolute atomic E-state index is 0.00321. The average molecular weight is 350 g/mol. The molecule has 0 spiro atoms. The van der Waals surface area contributed by atoms with E-state index >= 15 is 0 Å². The molecule has 0 radical (unpaired) electrons. The summed E-state index contributed by atoms with van der Waals surface area (Å²) in [6, 6.07) is 6.45. The lowest BCUT2D eigenvalue weighted by atomic mass is 9.99. The third kappa shape index (κ3) is 3.64. The number of sulfonamides is 1. The van der Waals surface area contributed by atoms with Crippen molar-refractivity contribution in [1.82, 2.24) is 9.21 Å². The SMILES string of the molecule is C[C@@H]1CCCN(C(=O)c2ccc(S(=O)(=O)N3CCCCC3)cc2)C1. The molecule has 2 saturated heterocycles. The van der Waals surface area contributed by atoms with Gasteiger partial charge >= 0.3 is 0 Å². The zero-order valence-corrected chi connectivity index (χ0v) is 15.1. The molecule has 2 fully saturated rings. The first-order valence-electron chi connectivity index (χ1n) is 8.88. The molecule has 2 aliphatic heterocycles. The van der Waals surface area contributed by atoms with E-state index in [-0.39, 0.29) is 10.8 Å². The predicted octanol–water partition coefficient (Wildman–Crippen LogP) is 2.73. The smallest absolute Gasteiger partial charge is 0.253 e. The molecule has 6 heteroatoms. The van der Waals surface area contributed by atoms with Gasteiger partial charge < -0.3 is 4.90 Å². The minimum atomic E-state index is -3.43. The Hall–Kier alpha value is -1.40. The van der Waals surface area contributed by atoms with Crippen molar-refractivity contribution in [2.24, 2.45) is 5.92 Å². The van der Waals surface area contributed by atoms with Crippen molar-refractivity contribution in [3.63, 3.8) is 0 Å². The Kier molecular flexibility index (Phi) is 5.25. The fourth-order valence-electron chi connectivity index (χ4n) is 3.58. The molecule has 132 valence electrons. The van der Waals surface area contributed by atoms with Crippen molar-refractivity contribution < 1.29 is 13.2 Å². The highest BCUT2D eigenvalue weighted by atomic mass is 32.2. The van der Waals surface area contributed by atoms with Gasteiger partial charge in [-0.3, -0.25) is 4.79 Å². The molecule has 3 rings (SSSR count). The van der Waals surface area contributed by atoms with Gasteiger partial charge in [-0.2, -0.15) is 4.31 Å². The van der Waals surface area contributed by atoms with Crippen LogP contribution in [0.3, 0.4) is 0 Å². The monoisotopic (exact) mass is 350 g/mol. The van der Waals surface area contributed by atoms with Gasteiger partial charge in [-0.25, -0.2) is 8.42 Å². The minimum Gasteiger partial charge on any atom is -0.338 e. The van der Waals surface area contributed by atoms with Crippen molar-refractivity contribution in [2.75, 3.05) is 26.2 Å². The van der Waals surface area contributed by atoms with Gasteiger partial charge in [-0.05, 0) is 55.9 Å². The summed E-state index contributed by atoms with van der Waals surface area (Å²) in [7, 11) is -3.43. The summed E-state index contributed by atoms with van der Waals surface area (Å²) in [4.78, 5) is 14.7. The van der Waals surface area contributed by atoms with Crippen LogP contribution in [0.1, 0.15) is 49.4 Å². The number of hydrogen-bond acceptors (Lipinski definition) is 3. The summed E-state index contributed by atoms with van der Waals surface area (Å²) in [5.41, 5.74) is 0.571. The van der Waals surface area contributed by atoms with Crippen LogP contribution in [-0.2, 0) is 10.0 Å². The van der Waals surface area contributed by atoms with E-state index < -0.39 is 10.0 Å². The summed E-state index contributed by atoms with van der Waals surface area (Å²) in [6.07, 6.45) is 5.13. The van der Waals surface area contributed by atoms with Crippen LogP contribution in [-0.4, -0.2) is 49.7 Å². The van der Waals surface area contributed by atoms with Gasteiger partial charge in [-0.15, -0.1) is 0 Å². The second-order valence-electron chi connectivity index (χ2n) is 6.99. The number of rotatable bonds is 3. The van der Waals surface area contributed by atoms with Crippen molar-refractivity contribution in [1.29, 1.82) is 0 Å². The first-order chi connectivity index (χ1) is 11.5. The molecule has 5 nitrogen and oxygen atoms in total. The number of hydrogen-bond donors (Lipinski definition) is 0. The van der Waals surface area contributed by atoms with Crippen LogP contribution in [0.2, 0.25) is 0 Å². The lowest BCUT2D eigenvalue weighted by molar-refractivity contribution is 0.0683. The Morgan fingerprint density at radius 1 is 1.00 bits per heavy atom. The Balaban J connectivity index is 1.74. The zero-order chi connectivity index (χ0) is 17.2. The number of nitrogens with zero attached hydrogens (tertiary/aromatic N) is 2. The van der Waals surface area contributed by atoms with Crippen LogP contribution in [0, 0.1) is 5.92 Å². The second kappa shape index (κ2) is 7.23. The van der Waals surface area contributed by atoms with Crippen LogP contribution in [0.15, 0.2) is 29.2 Å². The van der Waals surface area contributed by atoms with E-state index in [4.69, 9.17) is 0 Å². The van der Waals surface area contributed by atoms with E-state index in [0.717, 1.165) is 45.2 Å². The number of carbonyl (C=O) groups is 1. The van der Waals surface area contributed by atoms with Gasteiger partial charge in [0.1, 0.15) is 0 Å². The topological polar surface area (TPSA) is 57.7 Å². The third-order valence-electron chi connectivity index (χ3n) is 5.00. The molecule has 0 saturated carbocycles. The molecular formula is C18H26N2O3S. The highest BCUT2D eigenvalue weighted by Crippen LogP contribution is 2.22. The lowest BCUT2D eigenvalue weighted by Crippen LogP contribution is -2.39. The Bertz CT molecular complexity index is 679. The highest BCUT2D eigenvalue weighted by molar-refractivity contribution is 7.89. The standard InChI is InChI=1S/C18H26N2O3S/c1-15-6-5-11-19(14-15)18(21)16-7-9-17(10-8-16)24(22,23)20-12-3-2-4-13-20/h7-10,15H,2-6,11-14H2,1H3/t15-/m1/s1.